The van der Waals surface area contributed by atoms with Crippen molar-refractivity contribution in [2.45, 2.75) is 110 Å². The number of amides is 1. The van der Waals surface area contributed by atoms with Crippen LogP contribution in [0.3, 0.4) is 0 Å². The Hall–Kier alpha value is -0.610. The van der Waals surface area contributed by atoms with Crippen molar-refractivity contribution in [2.75, 3.05) is 13.1 Å². The number of carbonyl (C=O) groups excluding carboxylic acids is 1. The van der Waals surface area contributed by atoms with Crippen LogP contribution in [0.15, 0.2) is 0 Å². The first-order valence-corrected chi connectivity index (χ1v) is 10.9. The number of hydroxylamine groups is 1. The third-order valence-electron chi connectivity index (χ3n) is 5.03. The third kappa shape index (κ3) is 18.0. The van der Waals surface area contributed by atoms with Crippen LogP contribution in [0.25, 0.3) is 0 Å². The van der Waals surface area contributed by atoms with Crippen LogP contribution >= 0.6 is 0 Å². The van der Waals surface area contributed by atoms with Gasteiger partial charge in [0.1, 0.15) is 0 Å². The summed E-state index contributed by atoms with van der Waals surface area (Å²) in [6, 6.07) is 0. The Morgan fingerprint density at radius 2 is 1.36 bits per heavy atom. The molecule has 25 heavy (non-hydrogen) atoms. The fraction of sp³-hybridized carbons (Fsp3) is 0.952. The lowest BCUT2D eigenvalue weighted by molar-refractivity contribution is -0.586. The predicted molar refractivity (Wildman–Crippen MR) is 107 cm³/mol. The first-order valence-electron chi connectivity index (χ1n) is 10.9. The van der Waals surface area contributed by atoms with Crippen LogP contribution in [0.2, 0.25) is 0 Å². The van der Waals surface area contributed by atoms with Gasteiger partial charge >= 0.3 is 0 Å². The van der Waals surface area contributed by atoms with Crippen LogP contribution < -0.4 is 10.8 Å². The van der Waals surface area contributed by atoms with Gasteiger partial charge in [0.05, 0.1) is 13.1 Å². The monoisotopic (exact) mass is 356 g/mol. The minimum absolute atomic E-state index is 0.0899. The molecule has 1 amide bonds. The summed E-state index contributed by atoms with van der Waals surface area (Å²) in [4.78, 5) is 11.5. The molecule has 0 bridgehead atoms. The van der Waals surface area contributed by atoms with Crippen LogP contribution in [-0.4, -0.2) is 19.0 Å². The molecule has 4 heteroatoms. The normalized spacial score (nSPS) is 11.2. The summed E-state index contributed by atoms with van der Waals surface area (Å²) < 4.78 is 0. The lowest BCUT2D eigenvalue weighted by Crippen LogP contribution is -2.79. The van der Waals surface area contributed by atoms with E-state index in [4.69, 9.17) is 0 Å². The van der Waals surface area contributed by atoms with Crippen LogP contribution in [-0.2, 0) is 4.79 Å². The summed E-state index contributed by atoms with van der Waals surface area (Å²) in [6.07, 6.45) is 19.2. The zero-order valence-electron chi connectivity index (χ0n) is 17.0. The molecule has 0 aliphatic rings. The minimum Gasteiger partial charge on any atom is -0.636 e. The van der Waals surface area contributed by atoms with Crippen molar-refractivity contribution in [3.8, 4) is 0 Å². The van der Waals surface area contributed by atoms with E-state index >= 15 is 0 Å². The van der Waals surface area contributed by atoms with Gasteiger partial charge in [0.15, 0.2) is 0 Å². The molecular formula is C21H44N2O2. The average molecular weight is 357 g/mol. The fourth-order valence-corrected chi connectivity index (χ4v) is 3.38. The van der Waals surface area contributed by atoms with Gasteiger partial charge in [-0.2, -0.15) is 0 Å². The molecular weight excluding hydrogens is 312 g/mol. The highest BCUT2D eigenvalue weighted by Crippen LogP contribution is 2.23. The number of nitrogens with two attached hydrogens (primary N) is 1. The summed E-state index contributed by atoms with van der Waals surface area (Å²) in [5.41, 5.74) is 0.843. The Balaban J connectivity index is 3.42. The largest absolute Gasteiger partial charge is 0.636 e. The molecule has 3 N–H and O–H groups in total. The van der Waals surface area contributed by atoms with Crippen LogP contribution in [0.5, 0.6) is 0 Å². The quantitative estimate of drug-likeness (QED) is 0.261. The van der Waals surface area contributed by atoms with Crippen LogP contribution in [0.4, 0.5) is 0 Å². The van der Waals surface area contributed by atoms with Gasteiger partial charge in [0.25, 0.3) is 0 Å². The number of hydrogen-bond donors (Lipinski definition) is 2. The highest BCUT2D eigenvalue weighted by Gasteiger charge is 2.07. The smallest absolute Gasteiger partial charge is 0.220 e. The molecule has 0 fully saturated rings. The summed E-state index contributed by atoms with van der Waals surface area (Å²) in [6.45, 7) is 5.50. The third-order valence-corrected chi connectivity index (χ3v) is 5.03. The molecule has 0 radical (unpaired) electrons. The molecule has 0 aliphatic carbocycles. The Kier molecular flexibility index (Phi) is 19.2. The molecule has 0 saturated heterocycles. The SMILES string of the molecule is CCCCC(CCCC)CCCCCCCCCC(=O)NCC[NH2+][O-]. The molecule has 0 aliphatic heterocycles. The van der Waals surface area contributed by atoms with Gasteiger partial charge in [-0.05, 0) is 12.3 Å². The Bertz CT molecular complexity index is 277. The van der Waals surface area contributed by atoms with Crippen LogP contribution in [0.1, 0.15) is 110 Å². The second-order valence-electron chi connectivity index (χ2n) is 7.47. The number of carbonyl (C=O) groups is 1. The summed E-state index contributed by atoms with van der Waals surface area (Å²) in [5.74, 6) is 1.06. The predicted octanol–water partition coefficient (Wildman–Crippen LogP) is 4.67. The molecule has 0 rings (SSSR count). The van der Waals surface area contributed by atoms with Gasteiger partial charge in [0, 0.05) is 6.42 Å². The van der Waals surface area contributed by atoms with E-state index in [9.17, 15) is 10.0 Å². The summed E-state index contributed by atoms with van der Waals surface area (Å²) in [5, 5.41) is 12.9. The molecule has 0 spiro atoms. The summed E-state index contributed by atoms with van der Waals surface area (Å²) in [7, 11) is 0. The van der Waals surface area contributed by atoms with E-state index in [2.05, 4.69) is 19.2 Å². The first kappa shape index (κ1) is 24.4. The maximum Gasteiger partial charge on any atom is 0.220 e. The van der Waals surface area contributed by atoms with E-state index in [0.29, 0.717) is 19.5 Å². The van der Waals surface area contributed by atoms with E-state index in [1.165, 1.54) is 77.0 Å². The Morgan fingerprint density at radius 1 is 0.840 bits per heavy atom. The molecule has 0 aromatic heterocycles. The molecule has 4 nitrogen and oxygen atoms in total. The topological polar surface area (TPSA) is 68.8 Å². The van der Waals surface area contributed by atoms with Crippen molar-refractivity contribution >= 4 is 5.91 Å². The zero-order chi connectivity index (χ0) is 18.6. The van der Waals surface area contributed by atoms with Crippen LogP contribution in [0, 0.1) is 11.1 Å². The van der Waals surface area contributed by atoms with Crippen molar-refractivity contribution in [2.24, 2.45) is 5.92 Å². The van der Waals surface area contributed by atoms with E-state index in [-0.39, 0.29) is 5.91 Å². The van der Waals surface area contributed by atoms with Gasteiger partial charge in [-0.25, -0.2) is 0 Å². The Morgan fingerprint density at radius 3 is 1.92 bits per heavy atom. The molecule has 0 aromatic carbocycles. The molecule has 0 unspecified atom stereocenters. The Labute approximate surface area is 156 Å². The highest BCUT2D eigenvalue weighted by molar-refractivity contribution is 5.75. The van der Waals surface area contributed by atoms with Gasteiger partial charge in [-0.3, -0.25) is 4.79 Å². The van der Waals surface area contributed by atoms with Crippen molar-refractivity contribution in [1.29, 1.82) is 0 Å². The van der Waals surface area contributed by atoms with E-state index in [1.54, 1.807) is 0 Å². The van der Waals surface area contributed by atoms with Gasteiger partial charge in [0.2, 0.25) is 5.91 Å². The molecule has 0 saturated carbocycles. The van der Waals surface area contributed by atoms with E-state index < -0.39 is 0 Å². The first-order chi connectivity index (χ1) is 12.2. The second kappa shape index (κ2) is 19.7. The minimum atomic E-state index is 0.0899. The molecule has 0 heterocycles. The molecule has 0 aromatic rings. The van der Waals surface area contributed by atoms with Crippen molar-refractivity contribution in [1.82, 2.24) is 5.32 Å². The maximum absolute atomic E-state index is 11.5. The maximum atomic E-state index is 11.5. The van der Waals surface area contributed by atoms with Gasteiger partial charge in [-0.1, -0.05) is 97.3 Å². The second-order valence-corrected chi connectivity index (χ2v) is 7.47. The summed E-state index contributed by atoms with van der Waals surface area (Å²) >= 11 is 0. The number of hydrogen-bond acceptors (Lipinski definition) is 2. The number of quaternary nitrogens is 1. The van der Waals surface area contributed by atoms with Gasteiger partial charge in [-0.15, -0.1) is 0 Å². The zero-order valence-corrected chi connectivity index (χ0v) is 17.0. The van der Waals surface area contributed by atoms with Crippen molar-refractivity contribution in [3.05, 3.63) is 5.21 Å². The van der Waals surface area contributed by atoms with E-state index in [0.717, 1.165) is 24.2 Å². The molecule has 150 valence electrons. The average Bonchev–Trinajstić information content (AvgIpc) is 2.62. The number of rotatable bonds is 19. The lowest BCUT2D eigenvalue weighted by Gasteiger charge is -2.16. The number of unbranched alkanes of at least 4 members (excludes halogenated alkanes) is 8. The van der Waals surface area contributed by atoms with E-state index in [1.807, 2.05) is 0 Å². The highest BCUT2D eigenvalue weighted by atomic mass is 16.5. The fourth-order valence-electron chi connectivity index (χ4n) is 3.38. The van der Waals surface area contributed by atoms with Crippen molar-refractivity contribution < 1.29 is 10.3 Å². The van der Waals surface area contributed by atoms with Gasteiger partial charge < -0.3 is 16.0 Å². The number of nitrogens with one attached hydrogen (secondary N) is 1. The van der Waals surface area contributed by atoms with Crippen molar-refractivity contribution in [3.63, 3.8) is 0 Å². The standard InChI is InChI=1S/C21H44N2O2/c1-3-5-14-20(15-6-4-2)16-12-10-8-7-9-11-13-17-21(24)22-18-19-23-25/h20H,3-19,23H2,1-2H3,(H,22,24). The molecule has 0 atom stereocenters. The lowest BCUT2D eigenvalue weighted by atomic mass is 9.90.